The van der Waals surface area contributed by atoms with Crippen molar-refractivity contribution in [1.29, 1.82) is 0 Å². The lowest BCUT2D eigenvalue weighted by Crippen LogP contribution is -2.03. The highest BCUT2D eigenvalue weighted by molar-refractivity contribution is 5.39. The van der Waals surface area contributed by atoms with Gasteiger partial charge in [0.1, 0.15) is 11.6 Å². The molecule has 84 valence electrons. The number of benzene rings is 1. The lowest BCUT2D eigenvalue weighted by atomic mass is 10.0. The summed E-state index contributed by atoms with van der Waals surface area (Å²) in [7, 11) is 0. The molecule has 0 aliphatic carbocycles. The van der Waals surface area contributed by atoms with Gasteiger partial charge in [0.25, 0.3) is 0 Å². The summed E-state index contributed by atoms with van der Waals surface area (Å²) in [5.41, 5.74) is 7.11. The number of nitrogen functional groups attached to an aromatic ring is 1. The molecule has 5 heteroatoms. The number of rotatable bonds is 3. The quantitative estimate of drug-likeness (QED) is 0.618. The maximum absolute atomic E-state index is 9.91. The molecule has 1 heterocycles. The van der Waals surface area contributed by atoms with E-state index in [-0.39, 0.29) is 5.75 Å². The molecule has 1 aromatic heterocycles. The number of H-pyrrole nitrogens is 1. The molecule has 0 amide bonds. The van der Waals surface area contributed by atoms with E-state index < -0.39 is 6.10 Å². The van der Waals surface area contributed by atoms with E-state index in [0.717, 1.165) is 5.56 Å². The number of aromatic amines is 1. The van der Waals surface area contributed by atoms with Crippen LogP contribution in [-0.4, -0.2) is 20.4 Å². The van der Waals surface area contributed by atoms with Crippen LogP contribution in [0.1, 0.15) is 17.2 Å². The fourth-order valence-corrected chi connectivity index (χ4v) is 1.54. The number of nitrogens with one attached hydrogen (secondary N) is 1. The van der Waals surface area contributed by atoms with Crippen molar-refractivity contribution < 1.29 is 10.2 Å². The van der Waals surface area contributed by atoms with E-state index in [1.807, 2.05) is 0 Å². The zero-order valence-corrected chi connectivity index (χ0v) is 8.59. The molecule has 1 aromatic carbocycles. The predicted molar refractivity (Wildman–Crippen MR) is 59.8 cm³/mol. The van der Waals surface area contributed by atoms with Gasteiger partial charge in [0.2, 0.25) is 0 Å². The normalized spacial score (nSPS) is 12.6. The van der Waals surface area contributed by atoms with Gasteiger partial charge in [-0.25, -0.2) is 0 Å². The summed E-state index contributed by atoms with van der Waals surface area (Å²) >= 11 is 0. The number of aliphatic hydroxyl groups is 1. The molecule has 0 saturated carbocycles. The van der Waals surface area contributed by atoms with Gasteiger partial charge in [-0.15, -0.1) is 0 Å². The first-order chi connectivity index (χ1) is 7.66. The Labute approximate surface area is 92.5 Å². The second-order valence-corrected chi connectivity index (χ2v) is 3.63. The van der Waals surface area contributed by atoms with E-state index in [2.05, 4.69) is 10.2 Å². The second kappa shape index (κ2) is 4.24. The maximum atomic E-state index is 9.91. The number of hydrogen-bond acceptors (Lipinski definition) is 4. The van der Waals surface area contributed by atoms with Crippen LogP contribution >= 0.6 is 0 Å². The van der Waals surface area contributed by atoms with E-state index in [1.54, 1.807) is 24.3 Å². The number of aromatic hydroxyl groups is 1. The Hall–Kier alpha value is -2.01. The van der Waals surface area contributed by atoms with Crippen LogP contribution in [-0.2, 0) is 6.42 Å². The first-order valence-electron chi connectivity index (χ1n) is 4.91. The third-order valence-corrected chi connectivity index (χ3v) is 2.42. The molecule has 16 heavy (non-hydrogen) atoms. The van der Waals surface area contributed by atoms with Crippen molar-refractivity contribution in [1.82, 2.24) is 10.2 Å². The molecule has 1 unspecified atom stereocenters. The summed E-state index contributed by atoms with van der Waals surface area (Å²) in [4.78, 5) is 0. The average Bonchev–Trinajstić information content (AvgIpc) is 2.68. The largest absolute Gasteiger partial charge is 0.508 e. The van der Waals surface area contributed by atoms with Crippen molar-refractivity contribution in [3.63, 3.8) is 0 Å². The Balaban J connectivity index is 2.10. The Morgan fingerprint density at radius 3 is 2.56 bits per heavy atom. The zero-order chi connectivity index (χ0) is 11.5. The van der Waals surface area contributed by atoms with Gasteiger partial charge in [-0.05, 0) is 17.7 Å². The zero-order valence-electron chi connectivity index (χ0n) is 8.59. The number of anilines is 1. The fraction of sp³-hybridized carbons (Fsp3) is 0.182. The minimum atomic E-state index is -0.691. The van der Waals surface area contributed by atoms with Gasteiger partial charge in [-0.3, -0.25) is 5.10 Å². The highest BCUT2D eigenvalue weighted by Crippen LogP contribution is 2.22. The van der Waals surface area contributed by atoms with Crippen molar-refractivity contribution in [2.24, 2.45) is 0 Å². The van der Waals surface area contributed by atoms with Crippen LogP contribution in [0, 0.1) is 0 Å². The van der Waals surface area contributed by atoms with E-state index in [0.29, 0.717) is 17.8 Å². The summed E-state index contributed by atoms with van der Waals surface area (Å²) in [6, 6.07) is 6.69. The summed E-state index contributed by atoms with van der Waals surface area (Å²) in [6.45, 7) is 0. The minimum absolute atomic E-state index is 0.209. The monoisotopic (exact) mass is 219 g/mol. The van der Waals surface area contributed by atoms with Crippen molar-refractivity contribution >= 4 is 5.82 Å². The van der Waals surface area contributed by atoms with Gasteiger partial charge in [-0.2, -0.15) is 5.10 Å². The van der Waals surface area contributed by atoms with Gasteiger partial charge in [0.05, 0.1) is 12.3 Å². The molecule has 0 radical (unpaired) electrons. The van der Waals surface area contributed by atoms with Crippen LogP contribution in [0.15, 0.2) is 30.5 Å². The average molecular weight is 219 g/mol. The number of aliphatic hydroxyl groups excluding tert-OH is 1. The molecule has 5 nitrogen and oxygen atoms in total. The van der Waals surface area contributed by atoms with E-state index >= 15 is 0 Å². The smallest absolute Gasteiger partial charge is 0.124 e. The first-order valence-corrected chi connectivity index (χ1v) is 4.91. The highest BCUT2D eigenvalue weighted by atomic mass is 16.3. The SMILES string of the molecule is Nc1[nH]ncc1C(O)Cc1ccc(O)cc1. The van der Waals surface area contributed by atoms with E-state index in [4.69, 9.17) is 10.8 Å². The molecule has 1 atom stereocenters. The first kappa shape index (κ1) is 10.5. The molecular weight excluding hydrogens is 206 g/mol. The molecule has 0 spiro atoms. The van der Waals surface area contributed by atoms with Crippen molar-refractivity contribution in [2.45, 2.75) is 12.5 Å². The van der Waals surface area contributed by atoms with Crippen LogP contribution in [0.5, 0.6) is 5.75 Å². The summed E-state index contributed by atoms with van der Waals surface area (Å²) in [5, 5.41) is 25.4. The molecule has 0 aliphatic heterocycles. The lowest BCUT2D eigenvalue weighted by Gasteiger charge is -2.09. The fourth-order valence-electron chi connectivity index (χ4n) is 1.54. The summed E-state index contributed by atoms with van der Waals surface area (Å²) < 4.78 is 0. The van der Waals surface area contributed by atoms with Crippen LogP contribution in [0.4, 0.5) is 5.82 Å². The number of phenols is 1. The van der Waals surface area contributed by atoms with E-state index in [9.17, 15) is 5.11 Å². The van der Waals surface area contributed by atoms with Gasteiger partial charge in [-0.1, -0.05) is 12.1 Å². The topological polar surface area (TPSA) is 95.2 Å². The number of nitrogens with two attached hydrogens (primary N) is 1. The molecule has 0 fully saturated rings. The molecule has 0 saturated heterocycles. The van der Waals surface area contributed by atoms with Crippen LogP contribution in [0.3, 0.4) is 0 Å². The lowest BCUT2D eigenvalue weighted by molar-refractivity contribution is 0.179. The Kier molecular flexibility index (Phi) is 2.78. The standard InChI is InChI=1S/C11H13N3O2/c12-11-9(6-13-14-11)10(16)5-7-1-3-8(15)4-2-7/h1-4,6,10,15-16H,5H2,(H3,12,13,14). The van der Waals surface area contributed by atoms with Gasteiger partial charge < -0.3 is 15.9 Å². The number of phenolic OH excluding ortho intramolecular Hbond substituents is 1. The second-order valence-electron chi connectivity index (χ2n) is 3.63. The number of aromatic nitrogens is 2. The minimum Gasteiger partial charge on any atom is -0.508 e. The van der Waals surface area contributed by atoms with E-state index in [1.165, 1.54) is 6.20 Å². The maximum Gasteiger partial charge on any atom is 0.124 e. The van der Waals surface area contributed by atoms with Gasteiger partial charge in [0, 0.05) is 12.0 Å². The molecule has 5 N–H and O–H groups in total. The molecular formula is C11H13N3O2. The van der Waals surface area contributed by atoms with Crippen molar-refractivity contribution in [3.8, 4) is 5.75 Å². The molecule has 0 aliphatic rings. The highest BCUT2D eigenvalue weighted by Gasteiger charge is 2.13. The van der Waals surface area contributed by atoms with Gasteiger partial charge >= 0.3 is 0 Å². The Morgan fingerprint density at radius 2 is 2.00 bits per heavy atom. The van der Waals surface area contributed by atoms with Crippen molar-refractivity contribution in [2.75, 3.05) is 5.73 Å². The van der Waals surface area contributed by atoms with Gasteiger partial charge in [0.15, 0.2) is 0 Å². The number of hydrogen-bond donors (Lipinski definition) is 4. The summed E-state index contributed by atoms with van der Waals surface area (Å²) in [6.07, 6.45) is 1.26. The third kappa shape index (κ3) is 2.14. The van der Waals surface area contributed by atoms with Crippen LogP contribution in [0.25, 0.3) is 0 Å². The predicted octanol–water partition coefficient (Wildman–Crippen LogP) is 0.974. The van der Waals surface area contributed by atoms with Crippen LogP contribution < -0.4 is 5.73 Å². The van der Waals surface area contributed by atoms with Crippen molar-refractivity contribution in [3.05, 3.63) is 41.6 Å². The Bertz CT molecular complexity index is 464. The molecule has 2 rings (SSSR count). The van der Waals surface area contributed by atoms with Crippen LogP contribution in [0.2, 0.25) is 0 Å². The third-order valence-electron chi connectivity index (χ3n) is 2.42. The molecule has 2 aromatic rings. The summed E-state index contributed by atoms with van der Waals surface area (Å²) in [5.74, 6) is 0.590. The Morgan fingerprint density at radius 1 is 1.31 bits per heavy atom. The molecule has 0 bridgehead atoms. The number of nitrogens with zero attached hydrogens (tertiary/aromatic N) is 1.